The SMILES string of the molecule is CCCCN1C[C@@H]2C=C(C(F)(F)F)C=C[C@@]23CN(Cc2ccc(C(F)(F)F)cc2)C(=O)[C@@]13C(=O)OCC. The summed E-state index contributed by atoms with van der Waals surface area (Å²) in [7, 11) is 0. The molecule has 1 aromatic carbocycles. The van der Waals surface area contributed by atoms with Crippen LogP contribution < -0.4 is 0 Å². The number of halogens is 6. The Bertz CT molecular complexity index is 1110. The minimum atomic E-state index is -4.59. The van der Waals surface area contributed by atoms with Gasteiger partial charge < -0.3 is 9.64 Å². The molecule has 0 unspecified atom stereocenters. The first-order chi connectivity index (χ1) is 17.3. The van der Waals surface area contributed by atoms with Gasteiger partial charge in [0.1, 0.15) is 0 Å². The number of benzene rings is 1. The highest BCUT2D eigenvalue weighted by molar-refractivity contribution is 6.11. The summed E-state index contributed by atoms with van der Waals surface area (Å²) < 4.78 is 85.1. The highest BCUT2D eigenvalue weighted by Crippen LogP contribution is 2.59. The summed E-state index contributed by atoms with van der Waals surface area (Å²) in [5.74, 6) is -2.23. The van der Waals surface area contributed by atoms with Gasteiger partial charge in [-0.15, -0.1) is 0 Å². The van der Waals surface area contributed by atoms with Gasteiger partial charge in [-0.05, 0) is 37.6 Å². The summed E-state index contributed by atoms with van der Waals surface area (Å²) in [5, 5.41) is 0. The van der Waals surface area contributed by atoms with E-state index in [4.69, 9.17) is 4.74 Å². The van der Waals surface area contributed by atoms with Crippen molar-refractivity contribution < 1.29 is 40.7 Å². The van der Waals surface area contributed by atoms with Crippen LogP contribution in [0.15, 0.2) is 48.1 Å². The molecule has 4 rings (SSSR count). The van der Waals surface area contributed by atoms with Crippen LogP contribution in [0.4, 0.5) is 26.3 Å². The lowest BCUT2D eigenvalue weighted by atomic mass is 9.64. The van der Waals surface area contributed by atoms with Gasteiger partial charge in [0, 0.05) is 25.6 Å². The Morgan fingerprint density at radius 1 is 1.08 bits per heavy atom. The van der Waals surface area contributed by atoms with Gasteiger partial charge in [-0.3, -0.25) is 9.69 Å². The molecule has 2 heterocycles. The average molecular weight is 531 g/mol. The van der Waals surface area contributed by atoms with Crippen LogP contribution in [0, 0.1) is 11.3 Å². The quantitative estimate of drug-likeness (QED) is 0.279. The van der Waals surface area contributed by atoms with Crippen molar-refractivity contribution in [2.45, 2.75) is 51.1 Å². The molecule has 5 nitrogen and oxygen atoms in total. The Morgan fingerprint density at radius 2 is 1.76 bits per heavy atom. The number of carbonyl (C=O) groups is 2. The molecule has 3 atom stereocenters. The van der Waals surface area contributed by atoms with E-state index >= 15 is 0 Å². The summed E-state index contributed by atoms with van der Waals surface area (Å²) in [4.78, 5) is 30.7. The first-order valence-electron chi connectivity index (χ1n) is 12.2. The summed E-state index contributed by atoms with van der Waals surface area (Å²) in [6.45, 7) is 3.68. The zero-order valence-electron chi connectivity index (χ0n) is 20.5. The van der Waals surface area contributed by atoms with Crippen LogP contribution in [0.1, 0.15) is 37.8 Å². The summed E-state index contributed by atoms with van der Waals surface area (Å²) in [6.07, 6.45) is -4.43. The number of hydrogen-bond acceptors (Lipinski definition) is 4. The number of nitrogens with zero attached hydrogens (tertiary/aromatic N) is 2. The van der Waals surface area contributed by atoms with Crippen molar-refractivity contribution in [3.63, 3.8) is 0 Å². The van der Waals surface area contributed by atoms with Crippen LogP contribution in [0.5, 0.6) is 0 Å². The predicted octanol–water partition coefficient (Wildman–Crippen LogP) is 5.13. The van der Waals surface area contributed by atoms with Gasteiger partial charge in [-0.1, -0.05) is 43.7 Å². The molecule has 0 bridgehead atoms. The third-order valence-corrected chi connectivity index (χ3v) is 7.55. The third-order valence-electron chi connectivity index (χ3n) is 7.55. The standard InChI is InChI=1S/C26H28F6N2O3/c1-3-5-12-34-15-20-13-19(26(30,31)32)10-11-23(20)16-33(21(35)24(23,34)22(36)37-4-2)14-17-6-8-18(9-7-17)25(27,28)29/h6-11,13,20H,3-5,12,14-16H2,1-2H3/t20-,23+,24-/m0/s1. The predicted molar refractivity (Wildman–Crippen MR) is 122 cm³/mol. The van der Waals surface area contributed by atoms with Gasteiger partial charge in [0.2, 0.25) is 5.54 Å². The number of rotatable bonds is 7. The van der Waals surface area contributed by atoms with Crippen molar-refractivity contribution in [1.29, 1.82) is 0 Å². The van der Waals surface area contributed by atoms with Crippen molar-refractivity contribution in [3.05, 3.63) is 59.2 Å². The molecule has 0 aromatic heterocycles. The average Bonchev–Trinajstić information content (AvgIpc) is 3.23. The molecule has 202 valence electrons. The van der Waals surface area contributed by atoms with Gasteiger partial charge in [0.25, 0.3) is 5.91 Å². The maximum Gasteiger partial charge on any atom is 0.416 e. The van der Waals surface area contributed by atoms with Crippen LogP contribution >= 0.6 is 0 Å². The number of carbonyl (C=O) groups excluding carboxylic acids is 2. The Morgan fingerprint density at radius 3 is 2.32 bits per heavy atom. The smallest absolute Gasteiger partial charge is 0.416 e. The van der Waals surface area contributed by atoms with E-state index in [0.29, 0.717) is 18.5 Å². The molecule has 0 saturated carbocycles. The van der Waals surface area contributed by atoms with E-state index in [-0.39, 0.29) is 26.2 Å². The van der Waals surface area contributed by atoms with Crippen LogP contribution in [-0.4, -0.2) is 59.6 Å². The van der Waals surface area contributed by atoms with Gasteiger partial charge in [0.15, 0.2) is 0 Å². The molecule has 37 heavy (non-hydrogen) atoms. The van der Waals surface area contributed by atoms with Gasteiger partial charge >= 0.3 is 18.3 Å². The number of alkyl halides is 6. The van der Waals surface area contributed by atoms with Gasteiger partial charge in [-0.2, -0.15) is 26.3 Å². The minimum Gasteiger partial charge on any atom is -0.464 e. The van der Waals surface area contributed by atoms with Crippen molar-refractivity contribution >= 4 is 11.9 Å². The lowest BCUT2D eigenvalue weighted by molar-refractivity contribution is -0.165. The Kier molecular flexibility index (Phi) is 6.98. The summed E-state index contributed by atoms with van der Waals surface area (Å²) in [5.41, 5.74) is -4.45. The molecule has 2 fully saturated rings. The van der Waals surface area contributed by atoms with Crippen LogP contribution in [0.3, 0.4) is 0 Å². The van der Waals surface area contributed by atoms with Crippen molar-refractivity contribution in [2.75, 3.05) is 26.2 Å². The first kappa shape index (κ1) is 27.2. The number of amides is 1. The van der Waals surface area contributed by atoms with E-state index in [1.54, 1.807) is 11.8 Å². The molecule has 2 aliphatic heterocycles. The van der Waals surface area contributed by atoms with E-state index in [1.807, 2.05) is 6.92 Å². The second-order valence-corrected chi connectivity index (χ2v) is 9.69. The molecule has 1 spiro atoms. The van der Waals surface area contributed by atoms with E-state index < -0.39 is 52.2 Å². The zero-order chi connectivity index (χ0) is 27.2. The third kappa shape index (κ3) is 4.34. The molecular weight excluding hydrogens is 502 g/mol. The number of hydrogen-bond donors (Lipinski definition) is 0. The fourth-order valence-electron chi connectivity index (χ4n) is 5.88. The van der Waals surface area contributed by atoms with Crippen molar-refractivity contribution in [1.82, 2.24) is 9.80 Å². The normalized spacial score (nSPS) is 27.8. The molecule has 0 N–H and O–H groups in total. The molecule has 11 heteroatoms. The molecule has 1 aromatic rings. The molecule has 3 aliphatic rings. The van der Waals surface area contributed by atoms with Crippen molar-refractivity contribution in [2.24, 2.45) is 11.3 Å². The molecule has 1 aliphatic carbocycles. The molecule has 1 amide bonds. The summed E-state index contributed by atoms with van der Waals surface area (Å²) >= 11 is 0. The largest absolute Gasteiger partial charge is 0.464 e. The Hall–Kier alpha value is -2.82. The van der Waals surface area contributed by atoms with Crippen LogP contribution in [0.2, 0.25) is 0 Å². The number of ether oxygens (including phenoxy) is 1. The second-order valence-electron chi connectivity index (χ2n) is 9.69. The molecular formula is C26H28F6N2O3. The Labute approximate surface area is 210 Å². The number of likely N-dealkylation sites (tertiary alicyclic amines) is 2. The maximum absolute atomic E-state index is 14.1. The van der Waals surface area contributed by atoms with E-state index in [1.165, 1.54) is 23.1 Å². The lowest BCUT2D eigenvalue weighted by Crippen LogP contribution is -2.63. The number of allylic oxidation sites excluding steroid dienone is 2. The van der Waals surface area contributed by atoms with E-state index in [9.17, 15) is 35.9 Å². The Balaban J connectivity index is 1.78. The van der Waals surface area contributed by atoms with Crippen LogP contribution in [-0.2, 0) is 27.0 Å². The van der Waals surface area contributed by atoms with Crippen molar-refractivity contribution in [3.8, 4) is 0 Å². The highest BCUT2D eigenvalue weighted by Gasteiger charge is 2.77. The summed E-state index contributed by atoms with van der Waals surface area (Å²) in [6, 6.07) is 4.32. The number of esters is 1. The van der Waals surface area contributed by atoms with E-state index in [0.717, 1.165) is 30.7 Å². The lowest BCUT2D eigenvalue weighted by Gasteiger charge is -2.40. The fourth-order valence-corrected chi connectivity index (χ4v) is 5.88. The maximum atomic E-state index is 14.1. The molecule has 0 radical (unpaired) electrons. The van der Waals surface area contributed by atoms with Gasteiger partial charge in [0.05, 0.1) is 23.2 Å². The van der Waals surface area contributed by atoms with E-state index in [2.05, 4.69) is 0 Å². The second kappa shape index (κ2) is 9.49. The van der Waals surface area contributed by atoms with Crippen LogP contribution in [0.25, 0.3) is 0 Å². The monoisotopic (exact) mass is 530 g/mol. The number of unbranched alkanes of at least 4 members (excludes halogenated alkanes) is 1. The fraction of sp³-hybridized carbons (Fsp3) is 0.538. The minimum absolute atomic E-state index is 0.0253. The molecule has 2 saturated heterocycles. The highest BCUT2D eigenvalue weighted by atomic mass is 19.4. The zero-order valence-corrected chi connectivity index (χ0v) is 20.5. The van der Waals surface area contributed by atoms with Gasteiger partial charge in [-0.25, -0.2) is 4.79 Å². The topological polar surface area (TPSA) is 49.9 Å². The first-order valence-corrected chi connectivity index (χ1v) is 12.2.